The third-order valence-corrected chi connectivity index (χ3v) is 3.04. The van der Waals surface area contributed by atoms with Crippen molar-refractivity contribution in [3.8, 4) is 0 Å². The van der Waals surface area contributed by atoms with E-state index in [0.717, 1.165) is 0 Å². The molecule has 1 rings (SSSR count). The smallest absolute Gasteiger partial charge is 0.345 e. The number of hydrogen-bond donors (Lipinski definition) is 2. The van der Waals surface area contributed by atoms with Crippen LogP contribution in [0.15, 0.2) is 18.2 Å². The molecule has 4 nitrogen and oxygen atoms in total. The Bertz CT molecular complexity index is 592. The molecule has 0 saturated heterocycles. The summed E-state index contributed by atoms with van der Waals surface area (Å²) in [4.78, 5) is 23.1. The van der Waals surface area contributed by atoms with E-state index in [-0.39, 0.29) is 12.1 Å². The maximum absolute atomic E-state index is 12.7. The molecule has 0 aromatic heterocycles. The number of nitrogens with one attached hydrogen (secondary N) is 2. The van der Waals surface area contributed by atoms with Crippen molar-refractivity contribution in [2.45, 2.75) is 38.7 Å². The molecule has 2 N–H and O–H groups in total. The largest absolute Gasteiger partial charge is 0.416 e. The Balaban J connectivity index is 3.11. The van der Waals surface area contributed by atoms with Gasteiger partial charge in [0.25, 0.3) is 0 Å². The highest BCUT2D eigenvalue weighted by Gasteiger charge is 2.37. The molecular weight excluding hydrogens is 342 g/mol. The Morgan fingerprint density at radius 3 is 1.79 bits per heavy atom. The van der Waals surface area contributed by atoms with Crippen molar-refractivity contribution in [2.24, 2.45) is 0 Å². The lowest BCUT2D eigenvalue weighted by Gasteiger charge is -2.15. The van der Waals surface area contributed by atoms with Crippen LogP contribution in [0.2, 0.25) is 0 Å². The fraction of sp³-hybridized carbons (Fsp3) is 0.429. The Morgan fingerprint density at radius 1 is 0.958 bits per heavy atom. The summed E-state index contributed by atoms with van der Waals surface area (Å²) in [6, 6.07) is 0.192. The van der Waals surface area contributed by atoms with Gasteiger partial charge in [-0.05, 0) is 31.5 Å². The zero-order valence-corrected chi connectivity index (χ0v) is 12.6. The van der Waals surface area contributed by atoms with Crippen molar-refractivity contribution in [1.29, 1.82) is 0 Å². The second-order valence-corrected chi connectivity index (χ2v) is 5.03. The summed E-state index contributed by atoms with van der Waals surface area (Å²) in [7, 11) is 0. The molecule has 0 saturated carbocycles. The van der Waals surface area contributed by atoms with Crippen molar-refractivity contribution in [2.75, 3.05) is 5.32 Å². The normalized spacial score (nSPS) is 13.3. The number of amides is 2. The number of rotatable bonds is 3. The summed E-state index contributed by atoms with van der Waals surface area (Å²) in [5.41, 5.74) is -3.95. The van der Waals surface area contributed by atoms with Gasteiger partial charge in [-0.25, -0.2) is 0 Å². The van der Waals surface area contributed by atoms with Gasteiger partial charge < -0.3 is 10.6 Å². The monoisotopic (exact) mass is 356 g/mol. The second-order valence-electron chi connectivity index (χ2n) is 5.03. The van der Waals surface area contributed by atoms with Crippen LogP contribution >= 0.6 is 0 Å². The highest BCUT2D eigenvalue weighted by molar-refractivity contribution is 6.39. The zero-order chi connectivity index (χ0) is 18.7. The van der Waals surface area contributed by atoms with E-state index in [1.54, 1.807) is 19.2 Å². The van der Waals surface area contributed by atoms with Gasteiger partial charge >= 0.3 is 24.2 Å². The number of carbonyl (C=O) groups excluding carboxylic acids is 2. The van der Waals surface area contributed by atoms with E-state index in [9.17, 15) is 35.9 Å². The number of benzene rings is 1. The van der Waals surface area contributed by atoms with Crippen LogP contribution in [0.5, 0.6) is 0 Å². The van der Waals surface area contributed by atoms with E-state index in [4.69, 9.17) is 0 Å². The Morgan fingerprint density at radius 2 is 1.42 bits per heavy atom. The summed E-state index contributed by atoms with van der Waals surface area (Å²) < 4.78 is 76.1. The quantitative estimate of drug-likeness (QED) is 0.643. The fourth-order valence-corrected chi connectivity index (χ4v) is 1.61. The van der Waals surface area contributed by atoms with Crippen molar-refractivity contribution in [3.63, 3.8) is 0 Å². The molecule has 0 aliphatic rings. The third-order valence-electron chi connectivity index (χ3n) is 3.04. The fourth-order valence-electron chi connectivity index (χ4n) is 1.61. The molecule has 2 amide bonds. The summed E-state index contributed by atoms with van der Waals surface area (Å²) in [6.07, 6.45) is -9.60. The highest BCUT2D eigenvalue weighted by Crippen LogP contribution is 2.37. The Labute approximate surface area is 133 Å². The number of halogens is 6. The van der Waals surface area contributed by atoms with E-state index < -0.39 is 41.0 Å². The molecule has 0 spiro atoms. The van der Waals surface area contributed by atoms with Crippen molar-refractivity contribution < 1.29 is 35.9 Å². The Kier molecular flexibility index (Phi) is 5.85. The molecule has 24 heavy (non-hydrogen) atoms. The van der Waals surface area contributed by atoms with Gasteiger partial charge in [0.05, 0.1) is 11.1 Å². The molecule has 10 heteroatoms. The first kappa shape index (κ1) is 19.8. The van der Waals surface area contributed by atoms with E-state index in [0.29, 0.717) is 18.6 Å². The SMILES string of the molecule is CCC(C)NC(=O)C(=O)Nc1cc(C(F)(F)F)cc(C(F)(F)F)c1. The van der Waals surface area contributed by atoms with Crippen LogP contribution in [-0.2, 0) is 21.9 Å². The van der Waals surface area contributed by atoms with Crippen LogP contribution in [-0.4, -0.2) is 17.9 Å². The topological polar surface area (TPSA) is 58.2 Å². The molecule has 1 aromatic rings. The highest BCUT2D eigenvalue weighted by atomic mass is 19.4. The number of alkyl halides is 6. The van der Waals surface area contributed by atoms with Crippen molar-refractivity contribution in [3.05, 3.63) is 29.3 Å². The van der Waals surface area contributed by atoms with Gasteiger partial charge in [-0.2, -0.15) is 26.3 Å². The first-order valence-electron chi connectivity index (χ1n) is 6.76. The zero-order valence-electron chi connectivity index (χ0n) is 12.6. The van der Waals surface area contributed by atoms with E-state index in [1.165, 1.54) is 0 Å². The lowest BCUT2D eigenvalue weighted by Crippen LogP contribution is -2.40. The van der Waals surface area contributed by atoms with Crippen molar-refractivity contribution in [1.82, 2.24) is 5.32 Å². The first-order valence-corrected chi connectivity index (χ1v) is 6.76. The van der Waals surface area contributed by atoms with Gasteiger partial charge in [0.15, 0.2) is 0 Å². The molecule has 0 aliphatic carbocycles. The maximum Gasteiger partial charge on any atom is 0.416 e. The average Bonchev–Trinajstić information content (AvgIpc) is 2.44. The molecule has 1 unspecified atom stereocenters. The molecule has 0 radical (unpaired) electrons. The number of anilines is 1. The molecule has 0 heterocycles. The first-order chi connectivity index (χ1) is 10.8. The maximum atomic E-state index is 12.7. The molecule has 0 aliphatic heterocycles. The molecule has 0 bridgehead atoms. The molecule has 0 fully saturated rings. The number of carbonyl (C=O) groups is 2. The predicted molar refractivity (Wildman–Crippen MR) is 73.0 cm³/mol. The van der Waals surface area contributed by atoms with Crippen LogP contribution in [0.1, 0.15) is 31.4 Å². The van der Waals surface area contributed by atoms with E-state index >= 15 is 0 Å². The van der Waals surface area contributed by atoms with Gasteiger partial charge in [0.2, 0.25) is 0 Å². The minimum Gasteiger partial charge on any atom is -0.345 e. The van der Waals surface area contributed by atoms with E-state index in [1.807, 2.05) is 0 Å². The molecule has 134 valence electrons. The summed E-state index contributed by atoms with van der Waals surface area (Å²) >= 11 is 0. The van der Waals surface area contributed by atoms with Gasteiger partial charge in [-0.3, -0.25) is 9.59 Å². The van der Waals surface area contributed by atoms with Crippen LogP contribution in [0.25, 0.3) is 0 Å². The van der Waals surface area contributed by atoms with Gasteiger partial charge in [-0.1, -0.05) is 6.92 Å². The van der Waals surface area contributed by atoms with Crippen LogP contribution in [0.3, 0.4) is 0 Å². The van der Waals surface area contributed by atoms with Crippen LogP contribution < -0.4 is 10.6 Å². The van der Waals surface area contributed by atoms with E-state index in [2.05, 4.69) is 5.32 Å². The lowest BCUT2D eigenvalue weighted by atomic mass is 10.1. The lowest BCUT2D eigenvalue weighted by molar-refractivity contribution is -0.143. The predicted octanol–water partition coefficient (Wildman–Crippen LogP) is 3.58. The second kappa shape index (κ2) is 7.10. The Hall–Kier alpha value is -2.26. The molecular formula is C14H14F6N2O2. The average molecular weight is 356 g/mol. The summed E-state index contributed by atoms with van der Waals surface area (Å²) in [5.74, 6) is -2.52. The minimum absolute atomic E-state index is 0.0745. The standard InChI is InChI=1S/C14H14F6N2O2/c1-3-7(2)21-11(23)12(24)22-10-5-8(13(15,16)17)4-9(6-10)14(18,19)20/h4-7H,3H2,1-2H3,(H,21,23)(H,22,24). The third kappa shape index (κ3) is 5.43. The van der Waals surface area contributed by atoms with Gasteiger partial charge in [0.1, 0.15) is 0 Å². The van der Waals surface area contributed by atoms with Gasteiger partial charge in [-0.15, -0.1) is 0 Å². The molecule has 1 aromatic carbocycles. The summed E-state index contributed by atoms with van der Waals surface area (Å²) in [5, 5.41) is 3.99. The van der Waals surface area contributed by atoms with Crippen LogP contribution in [0, 0.1) is 0 Å². The minimum atomic E-state index is -5.04. The van der Waals surface area contributed by atoms with Crippen molar-refractivity contribution >= 4 is 17.5 Å². The van der Waals surface area contributed by atoms with Gasteiger partial charge in [0, 0.05) is 11.7 Å². The number of hydrogen-bond acceptors (Lipinski definition) is 2. The summed E-state index contributed by atoms with van der Waals surface area (Å²) in [6.45, 7) is 3.29. The molecule has 1 atom stereocenters. The van der Waals surface area contributed by atoms with Crippen LogP contribution in [0.4, 0.5) is 32.0 Å².